The van der Waals surface area contributed by atoms with E-state index in [4.69, 9.17) is 0 Å². The van der Waals surface area contributed by atoms with Crippen molar-refractivity contribution in [2.24, 2.45) is 0 Å². The second-order valence-electron chi connectivity index (χ2n) is 3.64. The first kappa shape index (κ1) is 13.5. The number of benzene rings is 1. The van der Waals surface area contributed by atoms with E-state index in [0.29, 0.717) is 5.56 Å². The van der Waals surface area contributed by atoms with Gasteiger partial charge < -0.3 is 4.74 Å². The van der Waals surface area contributed by atoms with Gasteiger partial charge in [0.15, 0.2) is 5.78 Å². The van der Waals surface area contributed by atoms with Crippen LogP contribution in [-0.4, -0.2) is 17.1 Å². The second-order valence-corrected chi connectivity index (χ2v) is 4.61. The number of carbonyl (C=O) groups is 1. The van der Waals surface area contributed by atoms with Crippen LogP contribution in [0.25, 0.3) is 0 Å². The van der Waals surface area contributed by atoms with E-state index in [-0.39, 0.29) is 18.0 Å². The molecule has 100 valence electrons. The monoisotopic (exact) mass is 287 g/mol. The maximum Gasteiger partial charge on any atom is 0.573 e. The van der Waals surface area contributed by atoms with Crippen molar-refractivity contribution in [2.75, 3.05) is 0 Å². The normalized spacial score (nSPS) is 11.3. The summed E-state index contributed by atoms with van der Waals surface area (Å²) in [5.74, 6) is -0.523. The molecule has 0 N–H and O–H groups in total. The number of rotatable bonds is 4. The molecule has 0 unspecified atom stereocenters. The van der Waals surface area contributed by atoms with Gasteiger partial charge in [0.2, 0.25) is 0 Å². The first-order valence-electron chi connectivity index (χ1n) is 5.20. The van der Waals surface area contributed by atoms with Crippen molar-refractivity contribution in [3.8, 4) is 5.75 Å². The van der Waals surface area contributed by atoms with E-state index in [1.54, 1.807) is 11.7 Å². The Hall–Kier alpha value is -1.89. The highest BCUT2D eigenvalue weighted by Crippen LogP contribution is 2.23. The number of carbonyl (C=O) groups excluding carboxylic acids is 1. The summed E-state index contributed by atoms with van der Waals surface area (Å²) in [7, 11) is 0. The Morgan fingerprint density at radius 2 is 1.95 bits per heavy atom. The number of nitrogens with zero attached hydrogens (tertiary/aromatic N) is 1. The predicted molar refractivity (Wildman–Crippen MR) is 63.3 cm³/mol. The van der Waals surface area contributed by atoms with Crippen molar-refractivity contribution in [3.63, 3.8) is 0 Å². The number of Topliss-reactive ketones (excluding diaryl/α,β-unsaturated/α-hetero) is 1. The fraction of sp³-hybridized carbons (Fsp3) is 0.167. The molecule has 0 fully saturated rings. The molecule has 0 atom stereocenters. The highest BCUT2D eigenvalue weighted by Gasteiger charge is 2.31. The first-order valence-corrected chi connectivity index (χ1v) is 6.08. The van der Waals surface area contributed by atoms with Crippen molar-refractivity contribution in [3.05, 3.63) is 46.4 Å². The molecule has 19 heavy (non-hydrogen) atoms. The van der Waals surface area contributed by atoms with E-state index < -0.39 is 6.36 Å². The van der Waals surface area contributed by atoms with E-state index in [1.165, 1.54) is 23.5 Å². The number of hydrogen-bond acceptors (Lipinski definition) is 4. The third-order valence-electron chi connectivity index (χ3n) is 2.23. The van der Waals surface area contributed by atoms with Crippen LogP contribution in [0.15, 0.2) is 36.0 Å². The van der Waals surface area contributed by atoms with Crippen LogP contribution in [0.3, 0.4) is 0 Å². The minimum absolute atomic E-state index is 0.178. The Morgan fingerprint density at radius 3 is 2.47 bits per heavy atom. The zero-order valence-corrected chi connectivity index (χ0v) is 10.3. The average molecular weight is 287 g/mol. The third-order valence-corrected chi connectivity index (χ3v) is 3.01. The Balaban J connectivity index is 2.04. The molecule has 2 aromatic rings. The van der Waals surface area contributed by atoms with Crippen molar-refractivity contribution in [1.29, 1.82) is 0 Å². The van der Waals surface area contributed by atoms with Gasteiger partial charge >= 0.3 is 6.36 Å². The Morgan fingerprint density at radius 1 is 1.26 bits per heavy atom. The summed E-state index contributed by atoms with van der Waals surface area (Å²) >= 11 is 1.35. The van der Waals surface area contributed by atoms with E-state index in [9.17, 15) is 18.0 Å². The van der Waals surface area contributed by atoms with Crippen LogP contribution in [0, 0.1) is 0 Å². The van der Waals surface area contributed by atoms with E-state index in [2.05, 4.69) is 9.72 Å². The minimum Gasteiger partial charge on any atom is -0.406 e. The zero-order chi connectivity index (χ0) is 13.9. The molecule has 0 bridgehead atoms. The lowest BCUT2D eigenvalue weighted by molar-refractivity contribution is -0.274. The third kappa shape index (κ3) is 4.06. The molecule has 0 saturated carbocycles. The minimum atomic E-state index is -4.73. The fourth-order valence-electron chi connectivity index (χ4n) is 1.43. The maximum absolute atomic E-state index is 12.0. The van der Waals surface area contributed by atoms with Gasteiger partial charge in [-0.25, -0.2) is 0 Å². The van der Waals surface area contributed by atoms with Gasteiger partial charge in [0.05, 0.1) is 5.51 Å². The summed E-state index contributed by atoms with van der Waals surface area (Å²) in [6.07, 6.45) is -2.96. The second kappa shape index (κ2) is 5.40. The SMILES string of the molecule is O=C(Cc1cncs1)c1ccc(OC(F)(F)F)cc1. The Labute approximate surface area is 110 Å². The van der Waals surface area contributed by atoms with E-state index in [0.717, 1.165) is 17.0 Å². The predicted octanol–water partition coefficient (Wildman–Crippen LogP) is 3.47. The van der Waals surface area contributed by atoms with Crippen LogP contribution in [0.4, 0.5) is 13.2 Å². The molecule has 0 amide bonds. The quantitative estimate of drug-likeness (QED) is 0.808. The molecule has 7 heteroatoms. The van der Waals surface area contributed by atoms with Gasteiger partial charge in [0.1, 0.15) is 5.75 Å². The molecule has 0 aliphatic carbocycles. The summed E-state index contributed by atoms with van der Waals surface area (Å²) < 4.78 is 39.6. The van der Waals surface area contributed by atoms with Crippen molar-refractivity contribution in [1.82, 2.24) is 4.98 Å². The highest BCUT2D eigenvalue weighted by atomic mass is 32.1. The molecular weight excluding hydrogens is 279 g/mol. The van der Waals surface area contributed by atoms with Crippen LogP contribution in [-0.2, 0) is 6.42 Å². The molecule has 0 aliphatic rings. The number of thiazole rings is 1. The van der Waals surface area contributed by atoms with Crippen LogP contribution < -0.4 is 4.74 Å². The van der Waals surface area contributed by atoms with Gasteiger partial charge in [-0.2, -0.15) is 0 Å². The lowest BCUT2D eigenvalue weighted by atomic mass is 10.1. The smallest absolute Gasteiger partial charge is 0.406 e. The standard InChI is InChI=1S/C12H8F3NO2S/c13-12(14,15)18-9-3-1-8(2-4-9)11(17)5-10-6-16-7-19-10/h1-4,6-7H,5H2. The van der Waals surface area contributed by atoms with Crippen LogP contribution >= 0.6 is 11.3 Å². The summed E-state index contributed by atoms with van der Waals surface area (Å²) in [4.78, 5) is 16.5. The largest absolute Gasteiger partial charge is 0.573 e. The van der Waals surface area contributed by atoms with Gasteiger partial charge in [-0.1, -0.05) is 0 Å². The molecule has 0 saturated heterocycles. The van der Waals surface area contributed by atoms with E-state index >= 15 is 0 Å². The molecule has 2 rings (SSSR count). The van der Waals surface area contributed by atoms with Gasteiger partial charge in [0.25, 0.3) is 0 Å². The molecular formula is C12H8F3NO2S. The van der Waals surface area contributed by atoms with Crippen LogP contribution in [0.2, 0.25) is 0 Å². The fourth-order valence-corrected chi connectivity index (χ4v) is 2.03. The molecule has 0 aliphatic heterocycles. The number of hydrogen-bond donors (Lipinski definition) is 0. The van der Waals surface area contributed by atoms with Gasteiger partial charge in [-0.15, -0.1) is 24.5 Å². The van der Waals surface area contributed by atoms with Crippen molar-refractivity contribution in [2.45, 2.75) is 12.8 Å². The van der Waals surface area contributed by atoms with Crippen LogP contribution in [0.5, 0.6) is 5.75 Å². The summed E-state index contributed by atoms with van der Waals surface area (Å²) in [6, 6.07) is 4.86. The Bertz CT molecular complexity index is 549. The topological polar surface area (TPSA) is 39.2 Å². The molecule has 0 radical (unpaired) electrons. The zero-order valence-electron chi connectivity index (χ0n) is 9.48. The lowest BCUT2D eigenvalue weighted by Crippen LogP contribution is -2.17. The summed E-state index contributed by atoms with van der Waals surface area (Å²) in [6.45, 7) is 0. The van der Waals surface area contributed by atoms with Crippen molar-refractivity contribution < 1.29 is 22.7 Å². The van der Waals surface area contributed by atoms with Gasteiger partial charge in [-0.3, -0.25) is 9.78 Å². The number of ether oxygens (including phenoxy) is 1. The number of ketones is 1. The Kier molecular flexibility index (Phi) is 3.84. The number of aromatic nitrogens is 1. The summed E-state index contributed by atoms with van der Waals surface area (Å²) in [5, 5.41) is 0. The molecule has 3 nitrogen and oxygen atoms in total. The molecule has 1 heterocycles. The maximum atomic E-state index is 12.0. The molecule has 0 spiro atoms. The van der Waals surface area contributed by atoms with Crippen molar-refractivity contribution >= 4 is 17.1 Å². The summed E-state index contributed by atoms with van der Waals surface area (Å²) in [5.41, 5.74) is 1.95. The van der Waals surface area contributed by atoms with Gasteiger partial charge in [0, 0.05) is 23.1 Å². The highest BCUT2D eigenvalue weighted by molar-refractivity contribution is 7.09. The van der Waals surface area contributed by atoms with Gasteiger partial charge in [-0.05, 0) is 24.3 Å². The number of halogens is 3. The average Bonchev–Trinajstić information content (AvgIpc) is 2.80. The van der Waals surface area contributed by atoms with E-state index in [1.807, 2.05) is 0 Å². The molecule has 1 aromatic heterocycles. The number of alkyl halides is 3. The molecule has 1 aromatic carbocycles. The van der Waals surface area contributed by atoms with Crippen LogP contribution in [0.1, 0.15) is 15.2 Å². The lowest BCUT2D eigenvalue weighted by Gasteiger charge is -2.08. The first-order chi connectivity index (χ1) is 8.94.